The van der Waals surface area contributed by atoms with E-state index in [1.54, 1.807) is 14.2 Å². The first-order valence-corrected chi connectivity index (χ1v) is 5.22. The summed E-state index contributed by atoms with van der Waals surface area (Å²) in [6.45, 7) is 0.433. The van der Waals surface area contributed by atoms with Crippen molar-refractivity contribution >= 4 is 5.82 Å². The average Bonchev–Trinajstić information content (AvgIpc) is 2.36. The van der Waals surface area contributed by atoms with Crippen LogP contribution in [0.3, 0.4) is 0 Å². The van der Waals surface area contributed by atoms with Crippen LogP contribution < -0.4 is 5.32 Å². The second kappa shape index (κ2) is 7.16. The zero-order valence-corrected chi connectivity index (χ0v) is 9.94. The molecule has 0 amide bonds. The number of hydrogen-bond donors (Lipinski definition) is 2. The maximum absolute atomic E-state index is 13.7. The Balaban J connectivity index is 2.62. The molecule has 6 heteroatoms. The summed E-state index contributed by atoms with van der Waals surface area (Å²) >= 11 is 0. The normalized spacial score (nSPS) is 12.5. The van der Waals surface area contributed by atoms with Gasteiger partial charge in [0.25, 0.3) is 0 Å². The molecule has 2 N–H and O–H groups in total. The summed E-state index contributed by atoms with van der Waals surface area (Å²) in [4.78, 5) is 3.86. The molecule has 0 radical (unpaired) electrons. The van der Waals surface area contributed by atoms with Crippen LogP contribution in [0.1, 0.15) is 5.56 Å². The van der Waals surface area contributed by atoms with Crippen molar-refractivity contribution in [1.82, 2.24) is 4.98 Å². The Morgan fingerprint density at radius 2 is 2.29 bits per heavy atom. The van der Waals surface area contributed by atoms with Gasteiger partial charge in [-0.2, -0.15) is 0 Å². The number of ether oxygens (including phenoxy) is 2. The molecule has 0 spiro atoms. The lowest BCUT2D eigenvalue weighted by atomic mass is 10.2. The van der Waals surface area contributed by atoms with Gasteiger partial charge in [0.05, 0.1) is 19.3 Å². The monoisotopic (exact) mass is 244 g/mol. The van der Waals surface area contributed by atoms with Crippen molar-refractivity contribution in [2.75, 3.05) is 32.7 Å². The molecule has 1 aromatic rings. The minimum atomic E-state index is -0.540. The second-order valence-electron chi connectivity index (χ2n) is 3.48. The van der Waals surface area contributed by atoms with Gasteiger partial charge in [0.15, 0.2) is 11.6 Å². The minimum Gasteiger partial charge on any atom is -0.392 e. The number of methoxy groups -OCH3 is 2. The van der Waals surface area contributed by atoms with Crippen LogP contribution in [0, 0.1) is 5.82 Å². The number of hydrogen-bond acceptors (Lipinski definition) is 5. The van der Waals surface area contributed by atoms with E-state index < -0.39 is 5.82 Å². The van der Waals surface area contributed by atoms with Gasteiger partial charge in [-0.3, -0.25) is 0 Å². The van der Waals surface area contributed by atoms with Gasteiger partial charge in [0.1, 0.15) is 0 Å². The maximum Gasteiger partial charge on any atom is 0.170 e. The summed E-state index contributed by atoms with van der Waals surface area (Å²) < 4.78 is 23.7. The molecule has 0 saturated heterocycles. The summed E-state index contributed by atoms with van der Waals surface area (Å²) in [7, 11) is 3.12. The maximum atomic E-state index is 13.7. The van der Waals surface area contributed by atoms with Crippen molar-refractivity contribution in [3.63, 3.8) is 0 Å². The molecule has 1 aromatic heterocycles. The predicted octanol–water partition coefficient (Wildman–Crippen LogP) is 0.786. The molecular formula is C11H17FN2O3. The average molecular weight is 244 g/mol. The van der Waals surface area contributed by atoms with Gasteiger partial charge in [0.2, 0.25) is 0 Å². The van der Waals surface area contributed by atoms with E-state index in [-0.39, 0.29) is 24.1 Å². The number of pyridine rings is 1. The highest BCUT2D eigenvalue weighted by Gasteiger charge is 2.11. The molecule has 0 bridgehead atoms. The van der Waals surface area contributed by atoms with Crippen LogP contribution in [0.5, 0.6) is 0 Å². The zero-order valence-electron chi connectivity index (χ0n) is 9.94. The van der Waals surface area contributed by atoms with Crippen molar-refractivity contribution in [2.45, 2.75) is 12.7 Å². The number of halogens is 1. The van der Waals surface area contributed by atoms with Crippen molar-refractivity contribution in [1.29, 1.82) is 0 Å². The number of nitrogens with one attached hydrogen (secondary N) is 1. The summed E-state index contributed by atoms with van der Waals surface area (Å²) in [6.07, 6.45) is 1.26. The van der Waals surface area contributed by atoms with E-state index in [2.05, 4.69) is 10.3 Å². The molecule has 0 fully saturated rings. The first-order valence-electron chi connectivity index (χ1n) is 5.22. The molecule has 17 heavy (non-hydrogen) atoms. The molecule has 1 heterocycles. The third-order valence-corrected chi connectivity index (χ3v) is 2.32. The fraction of sp³-hybridized carbons (Fsp3) is 0.545. The zero-order chi connectivity index (χ0) is 12.7. The fourth-order valence-electron chi connectivity index (χ4n) is 1.34. The quantitative estimate of drug-likeness (QED) is 0.742. The highest BCUT2D eigenvalue weighted by molar-refractivity contribution is 5.39. The number of aliphatic hydroxyl groups excluding tert-OH is 1. The van der Waals surface area contributed by atoms with E-state index in [9.17, 15) is 4.39 Å². The van der Waals surface area contributed by atoms with Crippen LogP contribution >= 0.6 is 0 Å². The van der Waals surface area contributed by atoms with Gasteiger partial charge < -0.3 is 19.9 Å². The van der Waals surface area contributed by atoms with Gasteiger partial charge >= 0.3 is 0 Å². The van der Waals surface area contributed by atoms with Crippen LogP contribution in [0.15, 0.2) is 12.3 Å². The Morgan fingerprint density at radius 1 is 1.53 bits per heavy atom. The molecule has 0 saturated carbocycles. The Kier molecular flexibility index (Phi) is 5.82. The summed E-state index contributed by atoms with van der Waals surface area (Å²) in [5, 5.41) is 11.7. The number of aliphatic hydroxyl groups is 1. The van der Waals surface area contributed by atoms with Gasteiger partial charge in [-0.05, 0) is 6.07 Å². The van der Waals surface area contributed by atoms with E-state index in [0.717, 1.165) is 0 Å². The second-order valence-corrected chi connectivity index (χ2v) is 3.48. The van der Waals surface area contributed by atoms with Crippen LogP contribution in [-0.2, 0) is 16.1 Å². The van der Waals surface area contributed by atoms with Gasteiger partial charge in [0, 0.05) is 32.5 Å². The van der Waals surface area contributed by atoms with Crippen LogP contribution in [0.2, 0.25) is 0 Å². The standard InChI is InChI=1S/C11H17FN2O3/c1-16-7-9(17-2)5-14-11-10(12)8(6-15)3-4-13-11/h3-4,9,15H,5-7H2,1-2H3,(H,13,14). The van der Waals surface area contributed by atoms with Crippen LogP contribution in [-0.4, -0.2) is 43.6 Å². The van der Waals surface area contributed by atoms with E-state index >= 15 is 0 Å². The number of anilines is 1. The summed E-state index contributed by atoms with van der Waals surface area (Å²) in [5.41, 5.74) is 0.211. The Hall–Kier alpha value is -1.24. The number of rotatable bonds is 7. The fourth-order valence-corrected chi connectivity index (χ4v) is 1.34. The minimum absolute atomic E-state index is 0.106. The molecule has 0 aromatic carbocycles. The number of aromatic nitrogens is 1. The topological polar surface area (TPSA) is 63.6 Å². The van der Waals surface area contributed by atoms with Crippen molar-refractivity contribution in [2.24, 2.45) is 0 Å². The third-order valence-electron chi connectivity index (χ3n) is 2.32. The van der Waals surface area contributed by atoms with Crippen LogP contribution in [0.25, 0.3) is 0 Å². The smallest absolute Gasteiger partial charge is 0.170 e. The van der Waals surface area contributed by atoms with Crippen molar-refractivity contribution in [3.8, 4) is 0 Å². The summed E-state index contributed by atoms with van der Waals surface area (Å²) in [6, 6.07) is 1.43. The highest BCUT2D eigenvalue weighted by Crippen LogP contribution is 2.14. The van der Waals surface area contributed by atoms with Crippen LogP contribution in [0.4, 0.5) is 10.2 Å². The highest BCUT2D eigenvalue weighted by atomic mass is 19.1. The Labute approximate surface area is 99.6 Å². The van der Waals surface area contributed by atoms with Crippen molar-refractivity contribution < 1.29 is 19.0 Å². The van der Waals surface area contributed by atoms with Gasteiger partial charge in [-0.1, -0.05) is 0 Å². The van der Waals surface area contributed by atoms with E-state index in [0.29, 0.717) is 13.2 Å². The van der Waals surface area contributed by atoms with E-state index in [4.69, 9.17) is 14.6 Å². The SMILES string of the molecule is COCC(CNc1nccc(CO)c1F)OC. The molecule has 1 rings (SSSR count). The molecule has 5 nitrogen and oxygen atoms in total. The molecule has 0 aliphatic carbocycles. The lowest BCUT2D eigenvalue weighted by Gasteiger charge is -2.16. The molecule has 96 valence electrons. The largest absolute Gasteiger partial charge is 0.392 e. The van der Waals surface area contributed by atoms with E-state index in [1.807, 2.05) is 0 Å². The van der Waals surface area contributed by atoms with Crippen molar-refractivity contribution in [3.05, 3.63) is 23.6 Å². The van der Waals surface area contributed by atoms with Gasteiger partial charge in [-0.25, -0.2) is 9.37 Å². The molecule has 0 aliphatic heterocycles. The molecule has 1 atom stereocenters. The first-order chi connectivity index (χ1) is 8.22. The molecule has 0 aliphatic rings. The lowest BCUT2D eigenvalue weighted by molar-refractivity contribution is 0.0365. The third kappa shape index (κ3) is 3.92. The molecule has 1 unspecified atom stereocenters. The number of nitrogens with zero attached hydrogens (tertiary/aromatic N) is 1. The first kappa shape index (κ1) is 13.8. The Bertz CT molecular complexity index is 349. The summed E-state index contributed by atoms with van der Waals surface area (Å²) in [5.74, 6) is -0.433. The molecular weight excluding hydrogens is 227 g/mol. The van der Waals surface area contributed by atoms with Gasteiger partial charge in [-0.15, -0.1) is 0 Å². The lowest BCUT2D eigenvalue weighted by Crippen LogP contribution is -2.27. The Morgan fingerprint density at radius 3 is 2.88 bits per heavy atom. The van der Waals surface area contributed by atoms with E-state index in [1.165, 1.54) is 12.3 Å². The predicted molar refractivity (Wildman–Crippen MR) is 61.3 cm³/mol.